The van der Waals surface area contributed by atoms with Crippen LogP contribution in [-0.2, 0) is 4.74 Å². The van der Waals surface area contributed by atoms with Gasteiger partial charge in [-0.15, -0.1) is 0 Å². The molecule has 24 heavy (non-hydrogen) atoms. The van der Waals surface area contributed by atoms with Crippen LogP contribution in [0.2, 0.25) is 0 Å². The first-order valence-electron chi connectivity index (χ1n) is 7.86. The molecule has 3 rings (SSSR count). The number of nitrogens with zero attached hydrogens (tertiary/aromatic N) is 4. The van der Waals surface area contributed by atoms with Gasteiger partial charge in [-0.3, -0.25) is 0 Å². The van der Waals surface area contributed by atoms with Crippen LogP contribution in [0.25, 0.3) is 10.4 Å². The van der Waals surface area contributed by atoms with Gasteiger partial charge in [0.1, 0.15) is 11.6 Å². The molecule has 0 spiro atoms. The third-order valence-corrected chi connectivity index (χ3v) is 4.81. The summed E-state index contributed by atoms with van der Waals surface area (Å²) in [5, 5.41) is 9.60. The minimum Gasteiger partial charge on any atom is -0.450 e. The second-order valence-electron chi connectivity index (χ2n) is 5.36. The Morgan fingerprint density at radius 2 is 2.00 bits per heavy atom. The monoisotopic (exact) mass is 342 g/mol. The SMILES string of the molecule is CCOC(=O)N1CCN(c2nsc(-c3ccccc3)c2C#N)CC1. The molecule has 7 heteroatoms. The topological polar surface area (TPSA) is 69.5 Å². The molecule has 1 aromatic heterocycles. The van der Waals surface area contributed by atoms with Gasteiger partial charge in [0, 0.05) is 26.2 Å². The zero-order valence-corrected chi connectivity index (χ0v) is 14.3. The highest BCUT2D eigenvalue weighted by Crippen LogP contribution is 2.34. The van der Waals surface area contributed by atoms with Crippen molar-refractivity contribution in [3.05, 3.63) is 35.9 Å². The fourth-order valence-electron chi connectivity index (χ4n) is 2.70. The van der Waals surface area contributed by atoms with Gasteiger partial charge in [-0.2, -0.15) is 9.64 Å². The van der Waals surface area contributed by atoms with Gasteiger partial charge in [0.05, 0.1) is 11.5 Å². The van der Waals surface area contributed by atoms with Crippen LogP contribution in [0, 0.1) is 11.3 Å². The summed E-state index contributed by atoms with van der Waals surface area (Å²) in [5.74, 6) is 0.713. The molecule has 6 nitrogen and oxygen atoms in total. The molecule has 0 bridgehead atoms. The van der Waals surface area contributed by atoms with E-state index in [4.69, 9.17) is 4.74 Å². The van der Waals surface area contributed by atoms with Crippen molar-refractivity contribution in [2.45, 2.75) is 6.92 Å². The number of anilines is 1. The van der Waals surface area contributed by atoms with Crippen molar-refractivity contribution in [2.24, 2.45) is 0 Å². The molecule has 1 fully saturated rings. The van der Waals surface area contributed by atoms with E-state index >= 15 is 0 Å². The average molecular weight is 342 g/mol. The number of nitriles is 1. The molecule has 1 aliphatic rings. The van der Waals surface area contributed by atoms with Crippen molar-refractivity contribution in [2.75, 3.05) is 37.7 Å². The molecule has 1 aromatic carbocycles. The van der Waals surface area contributed by atoms with E-state index in [1.807, 2.05) is 30.3 Å². The van der Waals surface area contributed by atoms with E-state index in [-0.39, 0.29) is 6.09 Å². The lowest BCUT2D eigenvalue weighted by atomic mass is 10.1. The summed E-state index contributed by atoms with van der Waals surface area (Å²) < 4.78 is 9.54. The minimum atomic E-state index is -0.277. The second-order valence-corrected chi connectivity index (χ2v) is 6.13. The summed E-state index contributed by atoms with van der Waals surface area (Å²) in [4.78, 5) is 16.4. The highest BCUT2D eigenvalue weighted by Gasteiger charge is 2.26. The Hall–Kier alpha value is -2.59. The van der Waals surface area contributed by atoms with E-state index in [0.29, 0.717) is 44.2 Å². The van der Waals surface area contributed by atoms with Gasteiger partial charge in [-0.1, -0.05) is 30.3 Å². The lowest BCUT2D eigenvalue weighted by molar-refractivity contribution is 0.105. The van der Waals surface area contributed by atoms with E-state index in [2.05, 4.69) is 15.3 Å². The maximum absolute atomic E-state index is 11.8. The maximum Gasteiger partial charge on any atom is 0.409 e. The fraction of sp³-hybridized carbons (Fsp3) is 0.353. The van der Waals surface area contributed by atoms with E-state index in [1.54, 1.807) is 11.8 Å². The Balaban J connectivity index is 1.76. The number of hydrogen-bond donors (Lipinski definition) is 0. The zero-order chi connectivity index (χ0) is 16.9. The average Bonchev–Trinajstić information content (AvgIpc) is 3.07. The number of aromatic nitrogens is 1. The molecule has 0 radical (unpaired) electrons. The largest absolute Gasteiger partial charge is 0.450 e. The summed E-state index contributed by atoms with van der Waals surface area (Å²) in [6.07, 6.45) is -0.277. The molecule has 1 saturated heterocycles. The Kier molecular flexibility index (Phi) is 4.96. The second kappa shape index (κ2) is 7.32. The van der Waals surface area contributed by atoms with Gasteiger partial charge in [0.15, 0.2) is 5.82 Å². The summed E-state index contributed by atoms with van der Waals surface area (Å²) in [7, 11) is 0. The Bertz CT molecular complexity index is 746. The van der Waals surface area contributed by atoms with E-state index in [0.717, 1.165) is 10.4 Å². The molecule has 124 valence electrons. The van der Waals surface area contributed by atoms with Crippen molar-refractivity contribution < 1.29 is 9.53 Å². The lowest BCUT2D eigenvalue weighted by Crippen LogP contribution is -2.49. The van der Waals surface area contributed by atoms with Crippen LogP contribution in [-0.4, -0.2) is 48.2 Å². The number of rotatable bonds is 3. The van der Waals surface area contributed by atoms with Gasteiger partial charge >= 0.3 is 6.09 Å². The first kappa shape index (κ1) is 16.3. The van der Waals surface area contributed by atoms with Crippen LogP contribution in [0.4, 0.5) is 10.6 Å². The van der Waals surface area contributed by atoms with Gasteiger partial charge < -0.3 is 14.5 Å². The van der Waals surface area contributed by atoms with E-state index in [9.17, 15) is 10.1 Å². The van der Waals surface area contributed by atoms with E-state index < -0.39 is 0 Å². The number of carbonyl (C=O) groups excluding carboxylic acids is 1. The van der Waals surface area contributed by atoms with Gasteiger partial charge in [0.25, 0.3) is 0 Å². The quantitative estimate of drug-likeness (QED) is 0.858. The summed E-state index contributed by atoms with van der Waals surface area (Å²) >= 11 is 1.34. The third-order valence-electron chi connectivity index (χ3n) is 3.93. The van der Waals surface area contributed by atoms with Crippen molar-refractivity contribution in [3.8, 4) is 16.5 Å². The number of amides is 1. The first-order valence-corrected chi connectivity index (χ1v) is 8.63. The Labute approximate surface area is 145 Å². The minimum absolute atomic E-state index is 0.277. The molecule has 1 amide bonds. The van der Waals surface area contributed by atoms with Crippen LogP contribution in [0.15, 0.2) is 30.3 Å². The molecule has 1 aliphatic heterocycles. The van der Waals surface area contributed by atoms with Crippen molar-refractivity contribution >= 4 is 23.4 Å². The predicted molar refractivity (Wildman–Crippen MR) is 93.1 cm³/mol. The standard InChI is InChI=1S/C17H18N4O2S/c1-2-23-17(22)21-10-8-20(9-11-21)16-14(12-18)15(24-19-16)13-6-4-3-5-7-13/h3-7H,2,8-11H2,1H3. The normalized spacial score (nSPS) is 14.3. The van der Waals surface area contributed by atoms with Crippen molar-refractivity contribution in [1.29, 1.82) is 5.26 Å². The number of hydrogen-bond acceptors (Lipinski definition) is 6. The molecule has 0 atom stereocenters. The molecular weight excluding hydrogens is 324 g/mol. The molecular formula is C17H18N4O2S. The Morgan fingerprint density at radius 1 is 1.29 bits per heavy atom. The van der Waals surface area contributed by atoms with E-state index in [1.165, 1.54) is 11.5 Å². The van der Waals surface area contributed by atoms with Crippen LogP contribution >= 0.6 is 11.5 Å². The lowest BCUT2D eigenvalue weighted by Gasteiger charge is -2.34. The summed E-state index contributed by atoms with van der Waals surface area (Å²) in [6, 6.07) is 12.1. The zero-order valence-electron chi connectivity index (χ0n) is 13.4. The van der Waals surface area contributed by atoms with Gasteiger partial charge in [-0.25, -0.2) is 4.79 Å². The van der Waals surface area contributed by atoms with Crippen LogP contribution < -0.4 is 4.90 Å². The molecule has 0 saturated carbocycles. The third kappa shape index (κ3) is 3.19. The van der Waals surface area contributed by atoms with Crippen LogP contribution in [0.5, 0.6) is 0 Å². The number of ether oxygens (including phenoxy) is 1. The van der Waals surface area contributed by atoms with Crippen molar-refractivity contribution in [3.63, 3.8) is 0 Å². The Morgan fingerprint density at radius 3 is 2.62 bits per heavy atom. The highest BCUT2D eigenvalue weighted by molar-refractivity contribution is 7.10. The summed E-state index contributed by atoms with van der Waals surface area (Å²) in [5.41, 5.74) is 1.61. The molecule has 2 heterocycles. The maximum atomic E-state index is 11.8. The summed E-state index contributed by atoms with van der Waals surface area (Å²) in [6.45, 7) is 4.61. The fourth-order valence-corrected chi connectivity index (χ4v) is 3.55. The van der Waals surface area contributed by atoms with Crippen LogP contribution in [0.3, 0.4) is 0 Å². The smallest absolute Gasteiger partial charge is 0.409 e. The first-order chi connectivity index (χ1) is 11.7. The highest BCUT2D eigenvalue weighted by atomic mass is 32.1. The van der Waals surface area contributed by atoms with Gasteiger partial charge in [-0.05, 0) is 24.0 Å². The predicted octanol–water partition coefficient (Wildman–Crippen LogP) is 2.96. The van der Waals surface area contributed by atoms with Crippen molar-refractivity contribution in [1.82, 2.24) is 9.27 Å². The molecule has 0 unspecified atom stereocenters. The number of carbonyl (C=O) groups is 1. The number of piperazine rings is 1. The molecule has 0 aliphatic carbocycles. The van der Waals surface area contributed by atoms with Gasteiger partial charge in [0.2, 0.25) is 0 Å². The number of benzene rings is 1. The van der Waals surface area contributed by atoms with Crippen LogP contribution in [0.1, 0.15) is 12.5 Å². The molecule has 2 aromatic rings. The molecule has 0 N–H and O–H groups in total.